The number of aromatic nitrogens is 1. The molecule has 1 heterocycles. The van der Waals surface area contributed by atoms with E-state index in [1.54, 1.807) is 0 Å². The third-order valence-corrected chi connectivity index (χ3v) is 12.8. The number of para-hydroxylation sites is 3. The summed E-state index contributed by atoms with van der Waals surface area (Å²) in [6.45, 7) is 9.44. The molecule has 1 aromatic heterocycles. The van der Waals surface area contributed by atoms with Crippen molar-refractivity contribution in [3.8, 4) is 39.1 Å². The van der Waals surface area contributed by atoms with Gasteiger partial charge in [0.1, 0.15) is 0 Å². The topological polar surface area (TPSA) is 8.17 Å². The van der Waals surface area contributed by atoms with Crippen molar-refractivity contribution >= 4 is 38.9 Å². The van der Waals surface area contributed by atoms with Crippen LogP contribution in [0.1, 0.15) is 49.9 Å². The van der Waals surface area contributed by atoms with Gasteiger partial charge in [-0.2, -0.15) is 0 Å². The zero-order chi connectivity index (χ0) is 37.8. The largest absolute Gasteiger partial charge is 0.310 e. The predicted molar refractivity (Wildman–Crippen MR) is 236 cm³/mol. The predicted octanol–water partition coefficient (Wildman–Crippen LogP) is 14.5. The lowest BCUT2D eigenvalue weighted by atomic mass is 9.82. The normalized spacial score (nSPS) is 14.4. The average Bonchev–Trinajstić information content (AvgIpc) is 3.79. The Balaban J connectivity index is 1.09. The van der Waals surface area contributed by atoms with E-state index in [1.165, 1.54) is 77.4 Å². The molecule has 2 nitrogen and oxygen atoms in total. The molecule has 0 N–H and O–H groups in total. The van der Waals surface area contributed by atoms with Gasteiger partial charge in [0.25, 0.3) is 0 Å². The van der Waals surface area contributed by atoms with Crippen LogP contribution in [0.15, 0.2) is 182 Å². The van der Waals surface area contributed by atoms with Gasteiger partial charge in [-0.05, 0) is 105 Å². The zero-order valence-electron chi connectivity index (χ0n) is 32.2. The summed E-state index contributed by atoms with van der Waals surface area (Å²) in [6.07, 6.45) is 0. The molecule has 9 aromatic rings. The molecule has 0 saturated carbocycles. The van der Waals surface area contributed by atoms with Crippen molar-refractivity contribution in [2.24, 2.45) is 0 Å². The third kappa shape index (κ3) is 4.62. The van der Waals surface area contributed by atoms with E-state index >= 15 is 0 Å². The number of rotatable bonds is 5. The van der Waals surface area contributed by atoms with Crippen molar-refractivity contribution in [1.82, 2.24) is 4.57 Å². The number of hydrogen-bond donors (Lipinski definition) is 0. The van der Waals surface area contributed by atoms with Gasteiger partial charge >= 0.3 is 0 Å². The molecule has 268 valence electrons. The summed E-state index contributed by atoms with van der Waals surface area (Å²) in [5.74, 6) is 0. The second kappa shape index (κ2) is 11.9. The first kappa shape index (κ1) is 32.8. The van der Waals surface area contributed by atoms with Gasteiger partial charge in [-0.25, -0.2) is 0 Å². The smallest absolute Gasteiger partial charge is 0.0619 e. The van der Waals surface area contributed by atoms with Gasteiger partial charge in [-0.3, -0.25) is 0 Å². The van der Waals surface area contributed by atoms with Crippen LogP contribution in [0.5, 0.6) is 0 Å². The SMILES string of the molecule is CC1(C)c2ccccc2-c2cc(N(c3ccc(-c4cccc5c6ccccc6n(-c6ccccc6)c45)cc3)c3ccc4c(c3)C(C)(C)c3ccccc3-4)ccc21. The molecule has 0 amide bonds. The van der Waals surface area contributed by atoms with Crippen molar-refractivity contribution in [2.75, 3.05) is 4.90 Å². The number of nitrogens with zero attached hydrogens (tertiary/aromatic N) is 2. The Bertz CT molecular complexity index is 3020. The van der Waals surface area contributed by atoms with Crippen LogP contribution in [0.25, 0.3) is 60.9 Å². The van der Waals surface area contributed by atoms with E-state index in [0.717, 1.165) is 22.7 Å². The monoisotopic (exact) mass is 718 g/mol. The lowest BCUT2D eigenvalue weighted by molar-refractivity contribution is 0.660. The Hall–Kier alpha value is -6.64. The molecule has 2 heteroatoms. The summed E-state index contributed by atoms with van der Waals surface area (Å²) in [6, 6.07) is 67.5. The summed E-state index contributed by atoms with van der Waals surface area (Å²) in [5.41, 5.74) is 20.1. The van der Waals surface area contributed by atoms with Gasteiger partial charge < -0.3 is 9.47 Å². The first-order valence-electron chi connectivity index (χ1n) is 19.8. The minimum Gasteiger partial charge on any atom is -0.310 e. The van der Waals surface area contributed by atoms with Gasteiger partial charge in [0.2, 0.25) is 0 Å². The molecule has 0 atom stereocenters. The van der Waals surface area contributed by atoms with Crippen LogP contribution >= 0.6 is 0 Å². The molecule has 8 aromatic carbocycles. The maximum Gasteiger partial charge on any atom is 0.0619 e. The highest BCUT2D eigenvalue weighted by Crippen LogP contribution is 2.53. The summed E-state index contributed by atoms with van der Waals surface area (Å²) >= 11 is 0. The fourth-order valence-electron chi connectivity index (χ4n) is 10.0. The van der Waals surface area contributed by atoms with Crippen LogP contribution in [0.3, 0.4) is 0 Å². The van der Waals surface area contributed by atoms with Crippen LogP contribution < -0.4 is 4.90 Å². The molecule has 0 unspecified atom stereocenters. The minimum atomic E-state index is -0.103. The minimum absolute atomic E-state index is 0.0520. The highest BCUT2D eigenvalue weighted by molar-refractivity contribution is 6.13. The Labute approximate surface area is 328 Å². The maximum atomic E-state index is 2.46. The van der Waals surface area contributed by atoms with E-state index in [2.05, 4.69) is 219 Å². The van der Waals surface area contributed by atoms with E-state index in [1.807, 2.05) is 0 Å². The fraction of sp³-hybridized carbons (Fsp3) is 0.111. The number of hydrogen-bond acceptors (Lipinski definition) is 1. The first-order chi connectivity index (χ1) is 27.3. The molecule has 0 spiro atoms. The highest BCUT2D eigenvalue weighted by atomic mass is 15.1. The standard InChI is InChI=1S/C54H42N2/c1-53(2)48-23-12-9-18-42(48)46-33-38(30-32-49(46)53)55(39-29-31-43-41-17-8-11-22-47(41)54(3,4)50(43)34-39)37-27-25-35(26-28-37)40-20-14-21-45-44-19-10-13-24-51(44)56(52(40)45)36-15-6-5-7-16-36/h5-34H,1-4H3. The molecule has 56 heavy (non-hydrogen) atoms. The summed E-state index contributed by atoms with van der Waals surface area (Å²) in [7, 11) is 0. The number of anilines is 3. The quantitative estimate of drug-likeness (QED) is 0.172. The second-order valence-corrected chi connectivity index (χ2v) is 16.6. The molecular weight excluding hydrogens is 677 g/mol. The number of fused-ring (bicyclic) bond motifs is 9. The first-order valence-corrected chi connectivity index (χ1v) is 19.8. The molecule has 11 rings (SSSR count). The summed E-state index contributed by atoms with van der Waals surface area (Å²) in [4.78, 5) is 2.46. The van der Waals surface area contributed by atoms with E-state index in [-0.39, 0.29) is 10.8 Å². The molecule has 2 aliphatic carbocycles. The zero-order valence-corrected chi connectivity index (χ0v) is 32.2. The van der Waals surface area contributed by atoms with E-state index in [0.29, 0.717) is 0 Å². The van der Waals surface area contributed by atoms with E-state index in [9.17, 15) is 0 Å². The fourth-order valence-corrected chi connectivity index (χ4v) is 10.0. The molecular formula is C54H42N2. The van der Waals surface area contributed by atoms with Gasteiger partial charge in [0.15, 0.2) is 0 Å². The molecule has 0 bridgehead atoms. The van der Waals surface area contributed by atoms with E-state index < -0.39 is 0 Å². The maximum absolute atomic E-state index is 2.46. The lowest BCUT2D eigenvalue weighted by Crippen LogP contribution is -2.17. The van der Waals surface area contributed by atoms with Gasteiger partial charge in [0, 0.05) is 49.9 Å². The van der Waals surface area contributed by atoms with Crippen LogP contribution in [0, 0.1) is 0 Å². The lowest BCUT2D eigenvalue weighted by Gasteiger charge is -2.29. The van der Waals surface area contributed by atoms with Crippen molar-refractivity contribution < 1.29 is 0 Å². The molecule has 0 fully saturated rings. The van der Waals surface area contributed by atoms with Gasteiger partial charge in [-0.1, -0.05) is 155 Å². The van der Waals surface area contributed by atoms with Crippen LogP contribution in [-0.2, 0) is 10.8 Å². The third-order valence-electron chi connectivity index (χ3n) is 12.8. The van der Waals surface area contributed by atoms with Crippen molar-refractivity contribution in [3.63, 3.8) is 0 Å². The van der Waals surface area contributed by atoms with Crippen molar-refractivity contribution in [2.45, 2.75) is 38.5 Å². The summed E-state index contributed by atoms with van der Waals surface area (Å²) < 4.78 is 2.42. The Morgan fingerprint density at radius 1 is 0.375 bits per heavy atom. The molecule has 2 aliphatic rings. The molecule has 0 aliphatic heterocycles. The Morgan fingerprint density at radius 3 is 1.68 bits per heavy atom. The average molecular weight is 719 g/mol. The Kier molecular flexibility index (Phi) is 6.98. The van der Waals surface area contributed by atoms with Gasteiger partial charge in [0.05, 0.1) is 11.0 Å². The van der Waals surface area contributed by atoms with Crippen molar-refractivity contribution in [1.29, 1.82) is 0 Å². The van der Waals surface area contributed by atoms with Crippen LogP contribution in [0.4, 0.5) is 17.1 Å². The molecule has 0 radical (unpaired) electrons. The van der Waals surface area contributed by atoms with Crippen LogP contribution in [0.2, 0.25) is 0 Å². The molecule has 0 saturated heterocycles. The van der Waals surface area contributed by atoms with Crippen molar-refractivity contribution in [3.05, 3.63) is 204 Å². The van der Waals surface area contributed by atoms with Crippen LogP contribution in [-0.4, -0.2) is 4.57 Å². The van der Waals surface area contributed by atoms with E-state index in [4.69, 9.17) is 0 Å². The summed E-state index contributed by atoms with van der Waals surface area (Å²) in [5, 5.41) is 2.52. The van der Waals surface area contributed by atoms with Gasteiger partial charge in [-0.15, -0.1) is 0 Å². The highest BCUT2D eigenvalue weighted by Gasteiger charge is 2.37. The second-order valence-electron chi connectivity index (χ2n) is 16.6. The number of benzene rings is 8. The Morgan fingerprint density at radius 2 is 0.911 bits per heavy atom.